The topological polar surface area (TPSA) is 55.5 Å². The summed E-state index contributed by atoms with van der Waals surface area (Å²) in [5.74, 6) is 0.914. The van der Waals surface area contributed by atoms with Gasteiger partial charge in [0.1, 0.15) is 18.1 Å². The molecule has 2 rings (SSSR count). The van der Waals surface area contributed by atoms with Gasteiger partial charge in [-0.25, -0.2) is 0 Å². The monoisotopic (exact) mass is 229 g/mol. The van der Waals surface area contributed by atoms with Gasteiger partial charge in [0.15, 0.2) is 0 Å². The first kappa shape index (κ1) is 11.3. The van der Waals surface area contributed by atoms with Crippen LogP contribution in [-0.2, 0) is 6.61 Å². The Morgan fingerprint density at radius 3 is 2.76 bits per heavy atom. The number of phenolic OH excluding ortho intramolecular Hbond substituents is 1. The Hall–Kier alpha value is -2.16. The summed E-state index contributed by atoms with van der Waals surface area (Å²) >= 11 is 0. The number of rotatable bonds is 3. The van der Waals surface area contributed by atoms with Crippen LogP contribution in [0.5, 0.6) is 11.5 Å². The van der Waals surface area contributed by atoms with Crippen LogP contribution in [0.25, 0.3) is 0 Å². The number of hydrogen-bond acceptors (Lipinski definition) is 3. The summed E-state index contributed by atoms with van der Waals surface area (Å²) in [6.07, 6.45) is 0. The molecule has 0 heterocycles. The van der Waals surface area contributed by atoms with Crippen LogP contribution < -0.4 is 10.5 Å². The zero-order valence-electron chi connectivity index (χ0n) is 9.68. The van der Waals surface area contributed by atoms with E-state index in [1.165, 1.54) is 0 Å². The molecule has 17 heavy (non-hydrogen) atoms. The van der Waals surface area contributed by atoms with E-state index in [-0.39, 0.29) is 5.75 Å². The first-order valence-corrected chi connectivity index (χ1v) is 5.42. The fraction of sp³-hybridized carbons (Fsp3) is 0.143. The highest BCUT2D eigenvalue weighted by atomic mass is 16.5. The predicted octanol–water partition coefficient (Wildman–Crippen LogP) is 2.86. The minimum atomic E-state index is 0.239. The van der Waals surface area contributed by atoms with Crippen molar-refractivity contribution in [2.75, 3.05) is 5.73 Å². The molecule has 0 atom stereocenters. The Morgan fingerprint density at radius 2 is 2.00 bits per heavy atom. The number of phenols is 1. The highest BCUT2D eigenvalue weighted by Gasteiger charge is 2.01. The van der Waals surface area contributed by atoms with E-state index in [9.17, 15) is 5.11 Å². The molecule has 3 N–H and O–H groups in total. The third-order valence-corrected chi connectivity index (χ3v) is 2.47. The predicted molar refractivity (Wildman–Crippen MR) is 68.0 cm³/mol. The Kier molecular flexibility index (Phi) is 3.19. The molecule has 0 amide bonds. The highest BCUT2D eigenvalue weighted by Crippen LogP contribution is 2.23. The maximum atomic E-state index is 9.33. The standard InChI is InChI=1S/C14H15NO2/c1-10-5-6-13(15)14(7-10)17-9-11-3-2-4-12(16)8-11/h2-8,16H,9,15H2,1H3. The van der Waals surface area contributed by atoms with Gasteiger partial charge in [0.05, 0.1) is 5.69 Å². The molecule has 0 bridgehead atoms. The van der Waals surface area contributed by atoms with Gasteiger partial charge in [-0.1, -0.05) is 18.2 Å². The van der Waals surface area contributed by atoms with Crippen LogP contribution in [0.3, 0.4) is 0 Å². The number of anilines is 1. The molecule has 0 spiro atoms. The second-order valence-electron chi connectivity index (χ2n) is 4.00. The van der Waals surface area contributed by atoms with Crippen molar-refractivity contribution >= 4 is 5.69 Å². The zero-order valence-corrected chi connectivity index (χ0v) is 9.68. The van der Waals surface area contributed by atoms with Crippen molar-refractivity contribution in [3.05, 3.63) is 53.6 Å². The van der Waals surface area contributed by atoms with Crippen LogP contribution in [0.1, 0.15) is 11.1 Å². The molecule has 3 heteroatoms. The average Bonchev–Trinajstić information content (AvgIpc) is 2.30. The van der Waals surface area contributed by atoms with Crippen molar-refractivity contribution in [1.29, 1.82) is 0 Å². The molecule has 0 fully saturated rings. The molecule has 0 radical (unpaired) electrons. The Morgan fingerprint density at radius 1 is 1.18 bits per heavy atom. The average molecular weight is 229 g/mol. The lowest BCUT2D eigenvalue weighted by molar-refractivity contribution is 0.307. The zero-order chi connectivity index (χ0) is 12.3. The molecule has 0 aliphatic carbocycles. The van der Waals surface area contributed by atoms with Crippen LogP contribution in [0.15, 0.2) is 42.5 Å². The molecule has 0 aliphatic rings. The number of hydrogen-bond donors (Lipinski definition) is 2. The van der Waals surface area contributed by atoms with Crippen molar-refractivity contribution in [2.45, 2.75) is 13.5 Å². The summed E-state index contributed by atoms with van der Waals surface area (Å²) in [6.45, 7) is 2.38. The van der Waals surface area contributed by atoms with Crippen LogP contribution in [-0.4, -0.2) is 5.11 Å². The summed E-state index contributed by atoms with van der Waals surface area (Å²) in [7, 11) is 0. The smallest absolute Gasteiger partial charge is 0.142 e. The number of benzene rings is 2. The Balaban J connectivity index is 2.09. The van der Waals surface area contributed by atoms with E-state index >= 15 is 0 Å². The van der Waals surface area contributed by atoms with E-state index in [1.807, 2.05) is 31.2 Å². The quantitative estimate of drug-likeness (QED) is 0.796. The van der Waals surface area contributed by atoms with Crippen molar-refractivity contribution in [1.82, 2.24) is 0 Å². The molecule has 0 aliphatic heterocycles. The molecule has 2 aromatic rings. The summed E-state index contributed by atoms with van der Waals surface area (Å²) in [5.41, 5.74) is 8.44. The molecule has 3 nitrogen and oxygen atoms in total. The highest BCUT2D eigenvalue weighted by molar-refractivity contribution is 5.53. The normalized spacial score (nSPS) is 10.2. The van der Waals surface area contributed by atoms with Crippen LogP contribution in [0.4, 0.5) is 5.69 Å². The van der Waals surface area contributed by atoms with E-state index in [2.05, 4.69) is 0 Å². The summed E-state index contributed by atoms with van der Waals surface area (Å²) in [6, 6.07) is 12.7. The lowest BCUT2D eigenvalue weighted by Crippen LogP contribution is -1.98. The molecular weight excluding hydrogens is 214 g/mol. The van der Waals surface area contributed by atoms with Crippen LogP contribution in [0.2, 0.25) is 0 Å². The van der Waals surface area contributed by atoms with Gasteiger partial charge in [-0.2, -0.15) is 0 Å². The lowest BCUT2D eigenvalue weighted by atomic mass is 10.2. The van der Waals surface area contributed by atoms with E-state index in [0.29, 0.717) is 18.0 Å². The number of nitrogens with two attached hydrogens (primary N) is 1. The number of aryl methyl sites for hydroxylation is 1. The van der Waals surface area contributed by atoms with Crippen molar-refractivity contribution in [3.63, 3.8) is 0 Å². The number of aromatic hydroxyl groups is 1. The molecular formula is C14H15NO2. The Labute approximate surface area is 100 Å². The van der Waals surface area contributed by atoms with Gasteiger partial charge in [0.25, 0.3) is 0 Å². The van der Waals surface area contributed by atoms with Gasteiger partial charge >= 0.3 is 0 Å². The van der Waals surface area contributed by atoms with Gasteiger partial charge < -0.3 is 15.6 Å². The van der Waals surface area contributed by atoms with E-state index in [0.717, 1.165) is 11.1 Å². The lowest BCUT2D eigenvalue weighted by Gasteiger charge is -2.09. The van der Waals surface area contributed by atoms with E-state index in [1.54, 1.807) is 18.2 Å². The second-order valence-corrected chi connectivity index (χ2v) is 4.00. The van der Waals surface area contributed by atoms with Crippen molar-refractivity contribution in [3.8, 4) is 11.5 Å². The van der Waals surface area contributed by atoms with Crippen molar-refractivity contribution < 1.29 is 9.84 Å². The van der Waals surface area contributed by atoms with Crippen LogP contribution >= 0.6 is 0 Å². The number of nitrogen functional groups attached to an aromatic ring is 1. The largest absolute Gasteiger partial charge is 0.508 e. The Bertz CT molecular complexity index is 523. The van der Waals surface area contributed by atoms with Gasteiger partial charge in [0, 0.05) is 0 Å². The number of ether oxygens (including phenoxy) is 1. The maximum Gasteiger partial charge on any atom is 0.142 e. The molecule has 88 valence electrons. The molecule has 0 unspecified atom stereocenters. The minimum Gasteiger partial charge on any atom is -0.508 e. The summed E-state index contributed by atoms with van der Waals surface area (Å²) in [4.78, 5) is 0. The third-order valence-electron chi connectivity index (χ3n) is 2.47. The minimum absolute atomic E-state index is 0.239. The fourth-order valence-corrected chi connectivity index (χ4v) is 1.57. The SMILES string of the molecule is Cc1ccc(N)c(OCc2cccc(O)c2)c1. The van der Waals surface area contributed by atoms with E-state index in [4.69, 9.17) is 10.5 Å². The molecule has 0 aromatic heterocycles. The first-order chi connectivity index (χ1) is 8.15. The van der Waals surface area contributed by atoms with Crippen LogP contribution in [0, 0.1) is 6.92 Å². The first-order valence-electron chi connectivity index (χ1n) is 5.42. The summed E-state index contributed by atoms with van der Waals surface area (Å²) < 4.78 is 5.62. The van der Waals surface area contributed by atoms with E-state index < -0.39 is 0 Å². The van der Waals surface area contributed by atoms with Gasteiger partial charge in [-0.3, -0.25) is 0 Å². The van der Waals surface area contributed by atoms with Gasteiger partial charge in [-0.15, -0.1) is 0 Å². The molecule has 0 saturated heterocycles. The third kappa shape index (κ3) is 2.91. The van der Waals surface area contributed by atoms with Gasteiger partial charge in [-0.05, 0) is 42.3 Å². The summed E-state index contributed by atoms with van der Waals surface area (Å²) in [5, 5.41) is 9.33. The van der Waals surface area contributed by atoms with Gasteiger partial charge in [0.2, 0.25) is 0 Å². The molecule has 0 saturated carbocycles. The maximum absolute atomic E-state index is 9.33. The molecule has 2 aromatic carbocycles. The van der Waals surface area contributed by atoms with Crippen molar-refractivity contribution in [2.24, 2.45) is 0 Å². The fourth-order valence-electron chi connectivity index (χ4n) is 1.57. The second kappa shape index (κ2) is 4.78.